The van der Waals surface area contributed by atoms with Crippen LogP contribution < -0.4 is 15.9 Å². The maximum atomic E-state index is 12.0. The molecule has 0 saturated carbocycles. The minimum Gasteiger partial charge on any atom is -0.497 e. The van der Waals surface area contributed by atoms with Crippen LogP contribution in [0.5, 0.6) is 5.75 Å². The lowest BCUT2D eigenvalue weighted by molar-refractivity contribution is -0.115. The largest absolute Gasteiger partial charge is 0.497 e. The molecule has 106 valence electrons. The first-order valence-corrected chi connectivity index (χ1v) is 6.75. The van der Waals surface area contributed by atoms with E-state index in [1.165, 1.54) is 22.8 Å². The number of nitrogens with zero attached hydrogens (tertiary/aromatic N) is 3. The monoisotopic (exact) mass is 293 g/mol. The van der Waals surface area contributed by atoms with Crippen molar-refractivity contribution < 1.29 is 9.53 Å². The molecule has 0 unspecified atom stereocenters. The molecule has 1 atom stereocenters. The van der Waals surface area contributed by atoms with E-state index in [0.717, 1.165) is 5.75 Å². The van der Waals surface area contributed by atoms with Crippen LogP contribution in [0, 0.1) is 0 Å². The van der Waals surface area contributed by atoms with E-state index < -0.39 is 0 Å². The molecule has 1 amide bonds. The van der Waals surface area contributed by atoms with E-state index in [2.05, 4.69) is 15.5 Å². The number of carbonyl (C=O) groups excluding carboxylic acids is 1. The number of nitrogen functional groups attached to an aromatic ring is 1. The molecule has 0 saturated heterocycles. The molecule has 0 bridgehead atoms. The molecule has 1 aromatic heterocycles. The second kappa shape index (κ2) is 6.29. The molecule has 0 fully saturated rings. The molecule has 7 nitrogen and oxygen atoms in total. The number of methoxy groups -OCH3 is 1. The van der Waals surface area contributed by atoms with Gasteiger partial charge in [-0.25, -0.2) is 4.68 Å². The Bertz CT molecular complexity index is 584. The van der Waals surface area contributed by atoms with Gasteiger partial charge in [-0.05, 0) is 31.2 Å². The molecular weight excluding hydrogens is 278 g/mol. The summed E-state index contributed by atoms with van der Waals surface area (Å²) in [5.41, 5.74) is 0.706. The number of nitrogens with two attached hydrogens (primary N) is 1. The number of benzene rings is 1. The van der Waals surface area contributed by atoms with Crippen LogP contribution >= 0.6 is 11.8 Å². The maximum absolute atomic E-state index is 12.0. The number of carbonyl (C=O) groups is 1. The van der Waals surface area contributed by atoms with Crippen LogP contribution in [-0.2, 0) is 4.79 Å². The summed E-state index contributed by atoms with van der Waals surface area (Å²) in [5, 5.41) is 10.4. The van der Waals surface area contributed by atoms with Crippen LogP contribution in [0.2, 0.25) is 0 Å². The molecule has 2 aromatic rings. The van der Waals surface area contributed by atoms with E-state index >= 15 is 0 Å². The van der Waals surface area contributed by atoms with Crippen LogP contribution in [0.3, 0.4) is 0 Å². The standard InChI is InChI=1S/C12H15N5O2S/c1-8(20-12-16-14-7-17(12)13)11(18)15-9-3-5-10(19-2)6-4-9/h3-8H,13H2,1-2H3,(H,15,18)/t8-/m1/s1. The molecule has 2 rings (SSSR count). The Kier molecular flexibility index (Phi) is 4.46. The predicted molar refractivity (Wildman–Crippen MR) is 77.1 cm³/mol. The van der Waals surface area contributed by atoms with Gasteiger partial charge in [-0.2, -0.15) is 0 Å². The van der Waals surface area contributed by atoms with Gasteiger partial charge in [0.15, 0.2) is 0 Å². The van der Waals surface area contributed by atoms with Crippen molar-refractivity contribution in [3.05, 3.63) is 30.6 Å². The van der Waals surface area contributed by atoms with Crippen LogP contribution in [0.1, 0.15) is 6.92 Å². The maximum Gasteiger partial charge on any atom is 0.237 e. The average molecular weight is 293 g/mol. The Labute approximate surface area is 120 Å². The zero-order valence-electron chi connectivity index (χ0n) is 11.1. The first-order valence-electron chi connectivity index (χ1n) is 5.87. The zero-order chi connectivity index (χ0) is 14.5. The molecule has 0 aliphatic heterocycles. The Morgan fingerprint density at radius 3 is 2.70 bits per heavy atom. The van der Waals surface area contributed by atoms with Gasteiger partial charge in [0.1, 0.15) is 12.1 Å². The third-order valence-electron chi connectivity index (χ3n) is 2.55. The van der Waals surface area contributed by atoms with Crippen molar-refractivity contribution in [1.82, 2.24) is 14.9 Å². The lowest BCUT2D eigenvalue weighted by Gasteiger charge is -2.11. The van der Waals surface area contributed by atoms with Gasteiger partial charge in [0, 0.05) is 5.69 Å². The molecule has 1 aromatic carbocycles. The van der Waals surface area contributed by atoms with Gasteiger partial charge in [0.25, 0.3) is 0 Å². The summed E-state index contributed by atoms with van der Waals surface area (Å²) in [5.74, 6) is 6.20. The number of aromatic nitrogens is 3. The summed E-state index contributed by atoms with van der Waals surface area (Å²) >= 11 is 1.24. The highest BCUT2D eigenvalue weighted by Crippen LogP contribution is 2.21. The highest BCUT2D eigenvalue weighted by Gasteiger charge is 2.17. The van der Waals surface area contributed by atoms with Gasteiger partial charge < -0.3 is 15.9 Å². The molecule has 0 aliphatic rings. The summed E-state index contributed by atoms with van der Waals surface area (Å²) in [4.78, 5) is 12.0. The Hall–Kier alpha value is -2.22. The fraction of sp³-hybridized carbons (Fsp3) is 0.250. The van der Waals surface area contributed by atoms with E-state index in [1.807, 2.05) is 0 Å². The van der Waals surface area contributed by atoms with E-state index in [1.54, 1.807) is 38.3 Å². The average Bonchev–Trinajstić information content (AvgIpc) is 2.85. The fourth-order valence-corrected chi connectivity index (χ4v) is 2.19. The summed E-state index contributed by atoms with van der Waals surface area (Å²) in [6.45, 7) is 1.78. The Morgan fingerprint density at radius 1 is 1.45 bits per heavy atom. The minimum atomic E-state index is -0.344. The van der Waals surface area contributed by atoms with Crippen molar-refractivity contribution in [1.29, 1.82) is 0 Å². The first-order chi connectivity index (χ1) is 9.60. The highest BCUT2D eigenvalue weighted by atomic mass is 32.2. The second-order valence-corrected chi connectivity index (χ2v) is 5.31. The summed E-state index contributed by atoms with van der Waals surface area (Å²) in [6.07, 6.45) is 1.39. The van der Waals surface area contributed by atoms with E-state index in [4.69, 9.17) is 10.6 Å². The molecule has 1 heterocycles. The summed E-state index contributed by atoms with van der Waals surface area (Å²) in [7, 11) is 1.59. The smallest absolute Gasteiger partial charge is 0.237 e. The van der Waals surface area contributed by atoms with Gasteiger partial charge in [-0.1, -0.05) is 11.8 Å². The van der Waals surface area contributed by atoms with Gasteiger partial charge in [0.05, 0.1) is 12.4 Å². The van der Waals surface area contributed by atoms with Gasteiger partial charge in [-0.3, -0.25) is 4.79 Å². The highest BCUT2D eigenvalue weighted by molar-refractivity contribution is 8.00. The first kappa shape index (κ1) is 14.2. The Morgan fingerprint density at radius 2 is 2.15 bits per heavy atom. The number of rotatable bonds is 5. The van der Waals surface area contributed by atoms with Crippen LogP contribution in [0.4, 0.5) is 5.69 Å². The van der Waals surface area contributed by atoms with Crippen LogP contribution in [-0.4, -0.2) is 33.1 Å². The van der Waals surface area contributed by atoms with Crippen molar-refractivity contribution in [2.24, 2.45) is 0 Å². The normalized spacial score (nSPS) is 11.9. The number of hydrogen-bond acceptors (Lipinski definition) is 6. The zero-order valence-corrected chi connectivity index (χ0v) is 11.9. The summed E-state index contributed by atoms with van der Waals surface area (Å²) < 4.78 is 6.34. The Balaban J connectivity index is 1.95. The molecule has 8 heteroatoms. The second-order valence-electron chi connectivity index (χ2n) is 4.00. The SMILES string of the molecule is COc1ccc(NC(=O)[C@@H](C)Sc2nncn2N)cc1. The molecule has 3 N–H and O–H groups in total. The van der Waals surface area contributed by atoms with Gasteiger partial charge in [-0.15, -0.1) is 10.2 Å². The predicted octanol–water partition coefficient (Wildman–Crippen LogP) is 1.12. The molecule has 0 aliphatic carbocycles. The fourth-order valence-electron chi connectivity index (χ4n) is 1.45. The van der Waals surface area contributed by atoms with Crippen molar-refractivity contribution in [2.75, 3.05) is 18.3 Å². The lowest BCUT2D eigenvalue weighted by atomic mass is 10.3. The van der Waals surface area contributed by atoms with E-state index in [-0.39, 0.29) is 11.2 Å². The number of hydrogen-bond donors (Lipinski definition) is 2. The van der Waals surface area contributed by atoms with E-state index in [9.17, 15) is 4.79 Å². The van der Waals surface area contributed by atoms with Crippen molar-refractivity contribution in [2.45, 2.75) is 17.3 Å². The van der Waals surface area contributed by atoms with Crippen LogP contribution in [0.15, 0.2) is 35.7 Å². The van der Waals surface area contributed by atoms with Crippen molar-refractivity contribution >= 4 is 23.4 Å². The third kappa shape index (κ3) is 3.41. The third-order valence-corrected chi connectivity index (χ3v) is 3.62. The minimum absolute atomic E-state index is 0.136. The number of thioether (sulfide) groups is 1. The molecule has 0 spiro atoms. The lowest BCUT2D eigenvalue weighted by Crippen LogP contribution is -2.23. The van der Waals surface area contributed by atoms with Gasteiger partial charge in [0.2, 0.25) is 11.1 Å². The van der Waals surface area contributed by atoms with Crippen molar-refractivity contribution in [3.8, 4) is 5.75 Å². The molecular formula is C12H15N5O2S. The number of ether oxygens (including phenoxy) is 1. The molecule has 0 radical (unpaired) electrons. The number of nitrogens with one attached hydrogen (secondary N) is 1. The number of anilines is 1. The van der Waals surface area contributed by atoms with Gasteiger partial charge >= 0.3 is 0 Å². The summed E-state index contributed by atoms with van der Waals surface area (Å²) in [6, 6.07) is 7.12. The number of amides is 1. The topological polar surface area (TPSA) is 95.1 Å². The van der Waals surface area contributed by atoms with Crippen molar-refractivity contribution in [3.63, 3.8) is 0 Å². The quantitative estimate of drug-likeness (QED) is 0.633. The molecule has 20 heavy (non-hydrogen) atoms. The van der Waals surface area contributed by atoms with Crippen LogP contribution in [0.25, 0.3) is 0 Å². The van der Waals surface area contributed by atoms with E-state index in [0.29, 0.717) is 10.8 Å².